The summed E-state index contributed by atoms with van der Waals surface area (Å²) in [7, 11) is 0. The van der Waals surface area contributed by atoms with Crippen LogP contribution < -0.4 is 0 Å². The molecule has 0 aliphatic heterocycles. The van der Waals surface area contributed by atoms with Crippen LogP contribution in [0.15, 0.2) is 36.5 Å². The first-order valence-corrected chi connectivity index (χ1v) is 5.48. The van der Waals surface area contributed by atoms with Gasteiger partial charge in [0.1, 0.15) is 0 Å². The van der Waals surface area contributed by atoms with E-state index in [-0.39, 0.29) is 6.61 Å². The van der Waals surface area contributed by atoms with Crippen molar-refractivity contribution in [3.8, 4) is 11.3 Å². The third kappa shape index (κ3) is 2.05. The van der Waals surface area contributed by atoms with Gasteiger partial charge >= 0.3 is 0 Å². The van der Waals surface area contributed by atoms with Gasteiger partial charge < -0.3 is 5.11 Å². The van der Waals surface area contributed by atoms with Gasteiger partial charge in [-0.2, -0.15) is 0 Å². The first-order chi connectivity index (χ1) is 7.74. The summed E-state index contributed by atoms with van der Waals surface area (Å²) in [4.78, 5) is 4.22. The molecule has 1 N–H and O–H groups in total. The van der Waals surface area contributed by atoms with Gasteiger partial charge in [0.05, 0.1) is 22.3 Å². The third-order valence-corrected chi connectivity index (χ3v) is 3.09. The molecule has 0 saturated carbocycles. The Balaban J connectivity index is 2.63. The van der Waals surface area contributed by atoms with E-state index in [9.17, 15) is 5.11 Å². The van der Waals surface area contributed by atoms with Gasteiger partial charge in [0.15, 0.2) is 0 Å². The molecule has 0 radical (unpaired) electrons. The molecule has 0 aliphatic carbocycles. The summed E-state index contributed by atoms with van der Waals surface area (Å²) in [5.41, 5.74) is 2.13. The van der Waals surface area contributed by atoms with Crippen molar-refractivity contribution in [2.75, 3.05) is 0 Å². The second kappa shape index (κ2) is 4.83. The van der Waals surface area contributed by atoms with E-state index in [1.54, 1.807) is 30.5 Å². The van der Waals surface area contributed by atoms with Gasteiger partial charge in [-0.05, 0) is 12.1 Å². The highest BCUT2D eigenvalue weighted by Gasteiger charge is 2.11. The maximum Gasteiger partial charge on any atom is 0.0772 e. The number of hydrogen-bond acceptors (Lipinski definition) is 2. The number of aliphatic hydroxyl groups excluding tert-OH is 1. The Labute approximate surface area is 103 Å². The minimum absolute atomic E-state index is 0.0774. The second-order valence-corrected chi connectivity index (χ2v) is 4.06. The molecule has 4 heteroatoms. The van der Waals surface area contributed by atoms with Gasteiger partial charge in [-0.3, -0.25) is 4.98 Å². The van der Waals surface area contributed by atoms with Crippen LogP contribution in [0.2, 0.25) is 10.0 Å². The number of pyridine rings is 1. The Morgan fingerprint density at radius 2 is 1.94 bits per heavy atom. The summed E-state index contributed by atoms with van der Waals surface area (Å²) >= 11 is 12.0. The zero-order valence-corrected chi connectivity index (χ0v) is 9.83. The van der Waals surface area contributed by atoms with Crippen LogP contribution in [-0.2, 0) is 6.61 Å². The van der Waals surface area contributed by atoms with Crippen molar-refractivity contribution in [2.45, 2.75) is 6.61 Å². The van der Waals surface area contributed by atoms with Gasteiger partial charge in [-0.25, -0.2) is 0 Å². The van der Waals surface area contributed by atoms with Gasteiger partial charge in [0, 0.05) is 17.3 Å². The smallest absolute Gasteiger partial charge is 0.0772 e. The van der Waals surface area contributed by atoms with Crippen molar-refractivity contribution in [3.05, 3.63) is 52.1 Å². The monoisotopic (exact) mass is 253 g/mol. The molecule has 0 amide bonds. The average Bonchev–Trinajstić information content (AvgIpc) is 2.33. The molecule has 16 heavy (non-hydrogen) atoms. The summed E-state index contributed by atoms with van der Waals surface area (Å²) in [6, 6.07) is 8.93. The van der Waals surface area contributed by atoms with Crippen molar-refractivity contribution < 1.29 is 5.11 Å². The zero-order chi connectivity index (χ0) is 11.5. The van der Waals surface area contributed by atoms with Gasteiger partial charge in [0.2, 0.25) is 0 Å². The molecule has 0 fully saturated rings. The highest BCUT2D eigenvalue weighted by molar-refractivity contribution is 6.43. The van der Waals surface area contributed by atoms with E-state index in [2.05, 4.69) is 4.98 Å². The highest BCUT2D eigenvalue weighted by atomic mass is 35.5. The number of aromatic nitrogens is 1. The minimum Gasteiger partial charge on any atom is -0.392 e. The fourth-order valence-corrected chi connectivity index (χ4v) is 1.89. The number of halogens is 2. The molecular weight excluding hydrogens is 245 g/mol. The van der Waals surface area contributed by atoms with E-state index >= 15 is 0 Å². The predicted molar refractivity (Wildman–Crippen MR) is 65.6 cm³/mol. The molecule has 1 aromatic heterocycles. The average molecular weight is 254 g/mol. The molecule has 0 aliphatic rings. The number of benzene rings is 1. The SMILES string of the molecule is OCc1cccnc1-c1cccc(Cl)c1Cl. The van der Waals surface area contributed by atoms with Crippen LogP contribution in [0.3, 0.4) is 0 Å². The molecule has 1 aromatic carbocycles. The second-order valence-electron chi connectivity index (χ2n) is 3.27. The molecule has 2 aromatic rings. The van der Waals surface area contributed by atoms with E-state index in [0.29, 0.717) is 15.7 Å². The number of rotatable bonds is 2. The molecule has 2 rings (SSSR count). The maximum absolute atomic E-state index is 9.22. The van der Waals surface area contributed by atoms with E-state index in [1.165, 1.54) is 0 Å². The normalized spacial score (nSPS) is 10.4. The summed E-state index contributed by atoms with van der Waals surface area (Å²) in [6.07, 6.45) is 1.66. The lowest BCUT2D eigenvalue weighted by molar-refractivity contribution is 0.282. The fourth-order valence-electron chi connectivity index (χ4n) is 1.50. The molecule has 0 saturated heterocycles. The number of nitrogens with zero attached hydrogens (tertiary/aromatic N) is 1. The largest absolute Gasteiger partial charge is 0.392 e. The molecular formula is C12H9Cl2NO. The molecule has 2 nitrogen and oxygen atoms in total. The minimum atomic E-state index is -0.0774. The first kappa shape index (κ1) is 11.4. The molecule has 0 atom stereocenters. The van der Waals surface area contributed by atoms with Crippen LogP contribution in [0.1, 0.15) is 5.56 Å². The van der Waals surface area contributed by atoms with Crippen molar-refractivity contribution in [2.24, 2.45) is 0 Å². The number of hydrogen-bond donors (Lipinski definition) is 1. The topological polar surface area (TPSA) is 33.1 Å². The Kier molecular flexibility index (Phi) is 3.44. The highest BCUT2D eigenvalue weighted by Crippen LogP contribution is 2.33. The maximum atomic E-state index is 9.22. The molecule has 0 spiro atoms. The first-order valence-electron chi connectivity index (χ1n) is 4.73. The van der Waals surface area contributed by atoms with Gasteiger partial charge in [0.25, 0.3) is 0 Å². The summed E-state index contributed by atoms with van der Waals surface area (Å²) in [5.74, 6) is 0. The van der Waals surface area contributed by atoms with Crippen LogP contribution >= 0.6 is 23.2 Å². The lowest BCUT2D eigenvalue weighted by Gasteiger charge is -2.08. The fraction of sp³-hybridized carbons (Fsp3) is 0.0833. The molecule has 0 bridgehead atoms. The van der Waals surface area contributed by atoms with Crippen LogP contribution in [0.5, 0.6) is 0 Å². The Morgan fingerprint density at radius 1 is 1.12 bits per heavy atom. The van der Waals surface area contributed by atoms with Crippen molar-refractivity contribution in [1.29, 1.82) is 0 Å². The lowest BCUT2D eigenvalue weighted by Crippen LogP contribution is -1.93. The van der Waals surface area contributed by atoms with Crippen LogP contribution in [0, 0.1) is 0 Å². The van der Waals surface area contributed by atoms with Crippen LogP contribution in [-0.4, -0.2) is 10.1 Å². The van der Waals surface area contributed by atoms with Crippen LogP contribution in [0.4, 0.5) is 0 Å². The summed E-state index contributed by atoms with van der Waals surface area (Å²) in [6.45, 7) is -0.0774. The van der Waals surface area contributed by atoms with Gasteiger partial charge in [-0.1, -0.05) is 41.4 Å². The van der Waals surface area contributed by atoms with Crippen molar-refractivity contribution >= 4 is 23.2 Å². The summed E-state index contributed by atoms with van der Waals surface area (Å²) < 4.78 is 0. The van der Waals surface area contributed by atoms with Crippen LogP contribution in [0.25, 0.3) is 11.3 Å². The van der Waals surface area contributed by atoms with E-state index in [4.69, 9.17) is 23.2 Å². The Hall–Kier alpha value is -1.09. The quantitative estimate of drug-likeness (QED) is 0.888. The molecule has 82 valence electrons. The lowest BCUT2D eigenvalue weighted by atomic mass is 10.1. The third-order valence-electron chi connectivity index (χ3n) is 2.27. The Morgan fingerprint density at radius 3 is 2.69 bits per heavy atom. The Bertz CT molecular complexity index is 514. The van der Waals surface area contributed by atoms with E-state index in [1.807, 2.05) is 6.07 Å². The standard InChI is InChI=1S/C12H9Cl2NO/c13-10-5-1-4-9(11(10)14)12-8(7-16)3-2-6-15-12/h1-6,16H,7H2. The zero-order valence-electron chi connectivity index (χ0n) is 8.32. The number of aliphatic hydroxyl groups is 1. The van der Waals surface area contributed by atoms with E-state index in [0.717, 1.165) is 11.1 Å². The molecule has 1 heterocycles. The van der Waals surface area contributed by atoms with Crippen molar-refractivity contribution in [1.82, 2.24) is 4.98 Å². The van der Waals surface area contributed by atoms with Gasteiger partial charge in [-0.15, -0.1) is 0 Å². The summed E-state index contributed by atoms with van der Waals surface area (Å²) in [5, 5.41) is 10.2. The predicted octanol–water partition coefficient (Wildman–Crippen LogP) is 3.55. The van der Waals surface area contributed by atoms with Crippen molar-refractivity contribution in [3.63, 3.8) is 0 Å². The molecule has 0 unspecified atom stereocenters. The van der Waals surface area contributed by atoms with E-state index < -0.39 is 0 Å².